The first-order chi connectivity index (χ1) is 17.1. The second-order valence-corrected chi connectivity index (χ2v) is 9.64. The highest BCUT2D eigenvalue weighted by atomic mass is 79.9. The predicted octanol–water partition coefficient (Wildman–Crippen LogP) is 6.55. The highest BCUT2D eigenvalue weighted by molar-refractivity contribution is 9.10. The van der Waals surface area contributed by atoms with Crippen molar-refractivity contribution in [3.8, 4) is 16.8 Å². The first-order valence-electron chi connectivity index (χ1n) is 10.9. The number of para-hydroxylation sites is 2. The molecule has 0 aliphatic heterocycles. The zero-order chi connectivity index (χ0) is 24.2. The van der Waals surface area contributed by atoms with E-state index >= 15 is 0 Å². The molecular formula is C28H20BrN3O2S. The molecule has 0 atom stereocenters. The van der Waals surface area contributed by atoms with Gasteiger partial charge in [0, 0.05) is 15.7 Å². The average molecular weight is 542 g/mol. The number of carbonyl (C=O) groups is 1. The summed E-state index contributed by atoms with van der Waals surface area (Å²) in [7, 11) is 0. The standard InChI is InChI=1S/C28H20BrN3O2S/c29-20-14-16-21(17-15-20)32-27(34)23-11-5-7-13-25(23)31-28(32)35-18-26(33)30-24-12-6-4-10-22(24)19-8-2-1-3-9-19/h1-17H,18H2,(H,30,33). The van der Waals surface area contributed by atoms with Crippen LogP contribution in [0, 0.1) is 0 Å². The Kier molecular flexibility index (Phi) is 6.79. The van der Waals surface area contributed by atoms with Crippen molar-refractivity contribution in [2.45, 2.75) is 5.16 Å². The summed E-state index contributed by atoms with van der Waals surface area (Å²) in [6.45, 7) is 0. The van der Waals surface area contributed by atoms with Gasteiger partial charge in [-0.3, -0.25) is 14.2 Å². The predicted molar refractivity (Wildman–Crippen MR) is 146 cm³/mol. The molecule has 172 valence electrons. The van der Waals surface area contributed by atoms with E-state index < -0.39 is 0 Å². The van der Waals surface area contributed by atoms with Crippen molar-refractivity contribution in [2.75, 3.05) is 11.1 Å². The van der Waals surface area contributed by atoms with E-state index in [0.717, 1.165) is 21.3 Å². The molecule has 1 aromatic heterocycles. The van der Waals surface area contributed by atoms with Crippen molar-refractivity contribution < 1.29 is 4.79 Å². The monoisotopic (exact) mass is 541 g/mol. The number of anilines is 1. The molecule has 5 nitrogen and oxygen atoms in total. The maximum Gasteiger partial charge on any atom is 0.266 e. The summed E-state index contributed by atoms with van der Waals surface area (Å²) in [5.41, 5.74) is 3.83. The molecule has 0 unspecified atom stereocenters. The molecule has 5 rings (SSSR count). The second kappa shape index (κ2) is 10.3. The van der Waals surface area contributed by atoms with Crippen molar-refractivity contribution in [2.24, 2.45) is 0 Å². The van der Waals surface area contributed by atoms with Crippen LogP contribution in [0.3, 0.4) is 0 Å². The van der Waals surface area contributed by atoms with Gasteiger partial charge in [-0.2, -0.15) is 0 Å². The fourth-order valence-electron chi connectivity index (χ4n) is 3.80. The lowest BCUT2D eigenvalue weighted by Gasteiger charge is -2.14. The summed E-state index contributed by atoms with van der Waals surface area (Å²) in [6, 6.07) is 32.3. The van der Waals surface area contributed by atoms with Gasteiger partial charge < -0.3 is 5.32 Å². The maximum absolute atomic E-state index is 13.4. The largest absolute Gasteiger partial charge is 0.325 e. The van der Waals surface area contributed by atoms with E-state index in [-0.39, 0.29) is 17.2 Å². The van der Waals surface area contributed by atoms with Crippen molar-refractivity contribution in [3.05, 3.63) is 118 Å². The van der Waals surface area contributed by atoms with Gasteiger partial charge in [-0.1, -0.05) is 88.4 Å². The van der Waals surface area contributed by atoms with Crippen molar-refractivity contribution >= 4 is 50.2 Å². The van der Waals surface area contributed by atoms with Gasteiger partial charge in [-0.15, -0.1) is 0 Å². The molecule has 0 fully saturated rings. The number of hydrogen-bond acceptors (Lipinski definition) is 4. The van der Waals surface area contributed by atoms with E-state index in [0.29, 0.717) is 21.7 Å². The second-order valence-electron chi connectivity index (χ2n) is 7.78. The fourth-order valence-corrected chi connectivity index (χ4v) is 4.88. The van der Waals surface area contributed by atoms with Crippen LogP contribution in [0.25, 0.3) is 27.7 Å². The Balaban J connectivity index is 1.44. The number of carbonyl (C=O) groups excluding carboxylic acids is 1. The molecule has 0 saturated carbocycles. The third kappa shape index (κ3) is 5.06. The molecule has 0 bridgehead atoms. The first kappa shape index (κ1) is 23.1. The molecule has 0 aliphatic rings. The lowest BCUT2D eigenvalue weighted by Crippen LogP contribution is -2.23. The number of rotatable bonds is 6. The minimum absolute atomic E-state index is 0.102. The van der Waals surface area contributed by atoms with Crippen LogP contribution in [0.1, 0.15) is 0 Å². The molecule has 0 aliphatic carbocycles. The zero-order valence-electron chi connectivity index (χ0n) is 18.5. The van der Waals surface area contributed by atoms with Crippen molar-refractivity contribution in [1.82, 2.24) is 9.55 Å². The zero-order valence-corrected chi connectivity index (χ0v) is 20.9. The van der Waals surface area contributed by atoms with E-state index in [1.54, 1.807) is 10.6 Å². The van der Waals surface area contributed by atoms with Gasteiger partial charge in [0.1, 0.15) is 0 Å². The van der Waals surface area contributed by atoms with Gasteiger partial charge >= 0.3 is 0 Å². The quantitative estimate of drug-likeness (QED) is 0.195. The summed E-state index contributed by atoms with van der Waals surface area (Å²) in [5.74, 6) is -0.0760. The van der Waals surface area contributed by atoms with E-state index in [1.165, 1.54) is 11.8 Å². The third-order valence-corrected chi connectivity index (χ3v) is 6.92. The Hall–Kier alpha value is -3.68. The number of aromatic nitrogens is 2. The van der Waals surface area contributed by atoms with Gasteiger partial charge in [-0.25, -0.2) is 4.98 Å². The summed E-state index contributed by atoms with van der Waals surface area (Å²) in [4.78, 5) is 31.0. The summed E-state index contributed by atoms with van der Waals surface area (Å²) < 4.78 is 2.47. The minimum Gasteiger partial charge on any atom is -0.325 e. The Labute approximate surface area is 215 Å². The summed E-state index contributed by atoms with van der Waals surface area (Å²) in [6.07, 6.45) is 0. The van der Waals surface area contributed by atoms with Crippen LogP contribution in [0.4, 0.5) is 5.69 Å². The van der Waals surface area contributed by atoms with Crippen molar-refractivity contribution in [3.63, 3.8) is 0 Å². The Morgan fingerprint density at radius 2 is 1.54 bits per heavy atom. The van der Waals surface area contributed by atoms with Crippen molar-refractivity contribution in [1.29, 1.82) is 0 Å². The first-order valence-corrected chi connectivity index (χ1v) is 12.7. The van der Waals surface area contributed by atoms with Crippen LogP contribution in [-0.2, 0) is 4.79 Å². The molecule has 0 radical (unpaired) electrons. The highest BCUT2D eigenvalue weighted by Crippen LogP contribution is 2.28. The van der Waals surface area contributed by atoms with Crippen LogP contribution in [0.5, 0.6) is 0 Å². The molecule has 1 N–H and O–H groups in total. The Morgan fingerprint density at radius 3 is 2.34 bits per heavy atom. The van der Waals surface area contributed by atoms with Crippen LogP contribution in [0.2, 0.25) is 0 Å². The molecule has 4 aromatic carbocycles. The van der Waals surface area contributed by atoms with E-state index in [2.05, 4.69) is 21.2 Å². The highest BCUT2D eigenvalue weighted by Gasteiger charge is 2.15. The topological polar surface area (TPSA) is 64.0 Å². The summed E-state index contributed by atoms with van der Waals surface area (Å²) >= 11 is 4.67. The number of hydrogen-bond donors (Lipinski definition) is 1. The van der Waals surface area contributed by atoms with Gasteiger partial charge in [0.05, 0.1) is 22.3 Å². The molecule has 35 heavy (non-hydrogen) atoms. The molecule has 0 saturated heterocycles. The lowest BCUT2D eigenvalue weighted by molar-refractivity contribution is -0.113. The number of nitrogens with zero attached hydrogens (tertiary/aromatic N) is 2. The molecule has 1 amide bonds. The molecule has 5 aromatic rings. The van der Waals surface area contributed by atoms with E-state index in [4.69, 9.17) is 4.98 Å². The van der Waals surface area contributed by atoms with E-state index in [9.17, 15) is 9.59 Å². The van der Waals surface area contributed by atoms with Gasteiger partial charge in [0.25, 0.3) is 5.56 Å². The minimum atomic E-state index is -0.178. The van der Waals surface area contributed by atoms with Crippen LogP contribution < -0.4 is 10.9 Å². The normalized spacial score (nSPS) is 10.9. The smallest absolute Gasteiger partial charge is 0.266 e. The Bertz CT molecular complexity index is 1570. The lowest BCUT2D eigenvalue weighted by atomic mass is 10.0. The average Bonchev–Trinajstić information content (AvgIpc) is 2.89. The fraction of sp³-hybridized carbons (Fsp3) is 0.0357. The summed E-state index contributed by atoms with van der Waals surface area (Å²) in [5, 5.41) is 4.01. The van der Waals surface area contributed by atoms with Crippen LogP contribution in [0.15, 0.2) is 118 Å². The molecule has 7 heteroatoms. The number of halogens is 1. The maximum atomic E-state index is 13.4. The van der Waals surface area contributed by atoms with Crippen LogP contribution in [-0.4, -0.2) is 21.2 Å². The third-order valence-electron chi connectivity index (χ3n) is 5.45. The number of fused-ring (bicyclic) bond motifs is 1. The number of benzene rings is 4. The molecule has 1 heterocycles. The van der Waals surface area contributed by atoms with Crippen LogP contribution >= 0.6 is 27.7 Å². The number of thioether (sulfide) groups is 1. The number of nitrogens with one attached hydrogen (secondary N) is 1. The number of amides is 1. The van der Waals surface area contributed by atoms with Gasteiger partial charge in [0.15, 0.2) is 5.16 Å². The van der Waals surface area contributed by atoms with E-state index in [1.807, 2.05) is 97.1 Å². The Morgan fingerprint density at radius 1 is 0.857 bits per heavy atom. The van der Waals surface area contributed by atoms with Gasteiger partial charge in [0.2, 0.25) is 5.91 Å². The SMILES string of the molecule is O=C(CSc1nc2ccccc2c(=O)n1-c1ccc(Br)cc1)Nc1ccccc1-c1ccccc1. The molecular weight excluding hydrogens is 522 g/mol. The molecule has 0 spiro atoms. The van der Waals surface area contributed by atoms with Gasteiger partial charge in [-0.05, 0) is 48.0 Å².